The van der Waals surface area contributed by atoms with E-state index in [1.165, 1.54) is 17.1 Å². The van der Waals surface area contributed by atoms with Gasteiger partial charge in [-0.2, -0.15) is 0 Å². The molecule has 3 aromatic rings. The first-order valence-electron chi connectivity index (χ1n) is 9.48. The van der Waals surface area contributed by atoms with Crippen LogP contribution in [0.25, 0.3) is 0 Å². The smallest absolute Gasteiger partial charge is 0.224 e. The molecule has 0 saturated carbocycles. The van der Waals surface area contributed by atoms with E-state index in [9.17, 15) is 9.18 Å². The van der Waals surface area contributed by atoms with E-state index in [0.717, 1.165) is 11.4 Å². The Morgan fingerprint density at radius 1 is 1.21 bits per heavy atom. The van der Waals surface area contributed by atoms with Crippen LogP contribution in [0.1, 0.15) is 29.5 Å². The van der Waals surface area contributed by atoms with E-state index >= 15 is 0 Å². The van der Waals surface area contributed by atoms with Crippen LogP contribution in [0.2, 0.25) is 0 Å². The zero-order chi connectivity index (χ0) is 20.1. The number of amides is 1. The number of carbonyl (C=O) groups excluding carboxylic acids is 1. The summed E-state index contributed by atoms with van der Waals surface area (Å²) < 4.78 is 21.3. The summed E-state index contributed by atoms with van der Waals surface area (Å²) >= 11 is 0. The predicted molar refractivity (Wildman–Crippen MR) is 101 cm³/mol. The maximum Gasteiger partial charge on any atom is 0.224 e. The summed E-state index contributed by atoms with van der Waals surface area (Å²) in [6.45, 7) is 1.86. The highest BCUT2D eigenvalue weighted by molar-refractivity contribution is 5.76. The zero-order valence-corrected chi connectivity index (χ0v) is 15.8. The average molecular weight is 396 g/mol. The van der Waals surface area contributed by atoms with E-state index in [1.54, 1.807) is 17.0 Å². The van der Waals surface area contributed by atoms with E-state index in [4.69, 9.17) is 4.74 Å². The van der Waals surface area contributed by atoms with E-state index in [0.29, 0.717) is 44.6 Å². The molecule has 0 spiro atoms. The molecular formula is C20H21FN6O2. The maximum absolute atomic E-state index is 13.9. The molecule has 1 aromatic carbocycles. The summed E-state index contributed by atoms with van der Waals surface area (Å²) in [6.07, 6.45) is 1.90. The molecule has 0 aliphatic carbocycles. The Morgan fingerprint density at radius 2 is 2.10 bits per heavy atom. The van der Waals surface area contributed by atoms with Crippen LogP contribution in [0.4, 0.5) is 4.39 Å². The highest BCUT2D eigenvalue weighted by Crippen LogP contribution is 2.22. The Kier molecular flexibility index (Phi) is 5.85. The van der Waals surface area contributed by atoms with E-state index in [2.05, 4.69) is 20.5 Å². The largest absolute Gasteiger partial charge is 0.368 e. The average Bonchev–Trinajstić information content (AvgIpc) is 3.28. The minimum atomic E-state index is -0.304. The predicted octanol–water partition coefficient (Wildman–Crippen LogP) is 1.79. The molecule has 1 fully saturated rings. The van der Waals surface area contributed by atoms with Gasteiger partial charge in [0, 0.05) is 25.1 Å². The lowest BCUT2D eigenvalue weighted by Gasteiger charge is -2.33. The van der Waals surface area contributed by atoms with Gasteiger partial charge in [-0.3, -0.25) is 9.78 Å². The number of pyridine rings is 1. The number of aryl methyl sites for hydroxylation is 1. The monoisotopic (exact) mass is 396 g/mol. The van der Waals surface area contributed by atoms with Crippen LogP contribution in [0, 0.1) is 5.82 Å². The van der Waals surface area contributed by atoms with Gasteiger partial charge in [-0.05, 0) is 34.2 Å². The van der Waals surface area contributed by atoms with Gasteiger partial charge in [0.25, 0.3) is 0 Å². The van der Waals surface area contributed by atoms with Gasteiger partial charge in [-0.15, -0.1) is 5.10 Å². The van der Waals surface area contributed by atoms with Crippen LogP contribution in [0.3, 0.4) is 0 Å². The van der Waals surface area contributed by atoms with Gasteiger partial charge >= 0.3 is 0 Å². The third kappa shape index (κ3) is 4.80. The molecule has 1 saturated heterocycles. The fourth-order valence-electron chi connectivity index (χ4n) is 3.32. The molecule has 0 radical (unpaired) electrons. The number of halogens is 1. The molecule has 1 atom stereocenters. The summed E-state index contributed by atoms with van der Waals surface area (Å²) in [5, 5.41) is 10.9. The van der Waals surface area contributed by atoms with Gasteiger partial charge in [-0.25, -0.2) is 9.07 Å². The van der Waals surface area contributed by atoms with E-state index in [-0.39, 0.29) is 17.8 Å². The summed E-state index contributed by atoms with van der Waals surface area (Å²) in [7, 11) is 0. The Bertz CT molecular complexity index is 965. The standard InChI is InChI=1S/C20H21FN6O2/c21-17-6-2-1-4-15(17)12-16-5-3-7-18(23-16)19-13-26(10-11-29-19)20(28)8-9-27-14-22-24-25-27/h1-7,14,19H,8-13H2/t19-/m0/s1. The molecule has 0 N–H and O–H groups in total. The second kappa shape index (κ2) is 8.87. The minimum Gasteiger partial charge on any atom is -0.368 e. The van der Waals surface area contributed by atoms with Crippen LogP contribution in [-0.2, 0) is 22.5 Å². The quantitative estimate of drug-likeness (QED) is 0.631. The molecule has 2 aromatic heterocycles. The molecule has 3 heterocycles. The van der Waals surface area contributed by atoms with Gasteiger partial charge in [0.1, 0.15) is 18.2 Å². The topological polar surface area (TPSA) is 86.0 Å². The number of hydrogen-bond acceptors (Lipinski definition) is 6. The first kappa shape index (κ1) is 19.1. The number of hydrogen-bond donors (Lipinski definition) is 0. The second-order valence-electron chi connectivity index (χ2n) is 6.84. The molecule has 1 amide bonds. The number of carbonyl (C=O) groups is 1. The number of nitrogens with zero attached hydrogens (tertiary/aromatic N) is 6. The maximum atomic E-state index is 13.9. The molecule has 0 unspecified atom stereocenters. The van der Waals surface area contributed by atoms with Gasteiger partial charge in [0.15, 0.2) is 0 Å². The normalized spacial score (nSPS) is 16.7. The highest BCUT2D eigenvalue weighted by atomic mass is 19.1. The van der Waals surface area contributed by atoms with Crippen molar-refractivity contribution in [1.82, 2.24) is 30.1 Å². The van der Waals surface area contributed by atoms with Crippen LogP contribution in [0.5, 0.6) is 0 Å². The second-order valence-corrected chi connectivity index (χ2v) is 6.84. The fraction of sp³-hybridized carbons (Fsp3) is 0.350. The Labute approximate surface area is 167 Å². The van der Waals surface area contributed by atoms with Crippen molar-refractivity contribution in [3.05, 3.63) is 71.6 Å². The summed E-state index contributed by atoms with van der Waals surface area (Å²) in [4.78, 5) is 19.0. The van der Waals surface area contributed by atoms with Crippen molar-refractivity contribution in [1.29, 1.82) is 0 Å². The number of morpholine rings is 1. The highest BCUT2D eigenvalue weighted by Gasteiger charge is 2.26. The molecule has 4 rings (SSSR count). The van der Waals surface area contributed by atoms with Gasteiger partial charge in [0.05, 0.1) is 25.4 Å². The minimum absolute atomic E-state index is 0.0244. The Hall–Kier alpha value is -3.20. The third-order valence-corrected chi connectivity index (χ3v) is 4.85. The van der Waals surface area contributed by atoms with E-state index in [1.807, 2.05) is 24.3 Å². The molecule has 0 bridgehead atoms. The van der Waals surface area contributed by atoms with Gasteiger partial charge in [-0.1, -0.05) is 24.3 Å². The number of aromatic nitrogens is 5. The first-order valence-corrected chi connectivity index (χ1v) is 9.48. The summed E-state index contributed by atoms with van der Waals surface area (Å²) in [5.74, 6) is -0.218. The lowest BCUT2D eigenvalue weighted by atomic mass is 10.1. The summed E-state index contributed by atoms with van der Waals surface area (Å²) in [6, 6.07) is 12.3. The molecule has 9 heteroatoms. The fourth-order valence-corrected chi connectivity index (χ4v) is 3.32. The van der Waals surface area contributed by atoms with Crippen molar-refractivity contribution >= 4 is 5.91 Å². The van der Waals surface area contributed by atoms with Crippen molar-refractivity contribution < 1.29 is 13.9 Å². The SMILES string of the molecule is O=C(CCn1cnnn1)N1CCO[C@H](c2cccc(Cc3ccccc3F)n2)C1. The Balaban J connectivity index is 1.40. The van der Waals surface area contributed by atoms with Crippen molar-refractivity contribution in [2.24, 2.45) is 0 Å². The number of benzene rings is 1. The van der Waals surface area contributed by atoms with Crippen LogP contribution < -0.4 is 0 Å². The first-order chi connectivity index (χ1) is 14.2. The van der Waals surface area contributed by atoms with Gasteiger partial charge in [0.2, 0.25) is 5.91 Å². The van der Waals surface area contributed by atoms with Crippen LogP contribution >= 0.6 is 0 Å². The number of ether oxygens (including phenoxy) is 1. The number of rotatable bonds is 6. The van der Waals surface area contributed by atoms with Crippen LogP contribution in [0.15, 0.2) is 48.8 Å². The molecule has 8 nitrogen and oxygen atoms in total. The zero-order valence-electron chi connectivity index (χ0n) is 15.8. The molecule has 1 aliphatic heterocycles. The molecular weight excluding hydrogens is 375 g/mol. The Morgan fingerprint density at radius 3 is 2.93 bits per heavy atom. The van der Waals surface area contributed by atoms with Crippen molar-refractivity contribution in [2.45, 2.75) is 25.5 Å². The lowest BCUT2D eigenvalue weighted by Crippen LogP contribution is -2.42. The molecule has 150 valence electrons. The molecule has 29 heavy (non-hydrogen) atoms. The van der Waals surface area contributed by atoms with E-state index < -0.39 is 0 Å². The third-order valence-electron chi connectivity index (χ3n) is 4.85. The van der Waals surface area contributed by atoms with Crippen molar-refractivity contribution in [3.63, 3.8) is 0 Å². The van der Waals surface area contributed by atoms with Crippen molar-refractivity contribution in [2.75, 3.05) is 19.7 Å². The molecule has 1 aliphatic rings. The van der Waals surface area contributed by atoms with Gasteiger partial charge < -0.3 is 9.64 Å². The number of tetrazole rings is 1. The van der Waals surface area contributed by atoms with Crippen molar-refractivity contribution in [3.8, 4) is 0 Å². The van der Waals surface area contributed by atoms with Crippen LogP contribution in [-0.4, -0.2) is 55.7 Å². The lowest BCUT2D eigenvalue weighted by molar-refractivity contribution is -0.139. The summed E-state index contributed by atoms with van der Waals surface area (Å²) in [5.41, 5.74) is 2.11.